The molecule has 3 heterocycles. The molecule has 3 atom stereocenters. The highest BCUT2D eigenvalue weighted by Gasteiger charge is 2.35. The van der Waals surface area contributed by atoms with Gasteiger partial charge in [0.05, 0.1) is 0 Å². The smallest absolute Gasteiger partial charge is 0.222 e. The van der Waals surface area contributed by atoms with E-state index in [-0.39, 0.29) is 0 Å². The Labute approximate surface area is 116 Å². The van der Waals surface area contributed by atoms with Crippen molar-refractivity contribution in [2.24, 2.45) is 5.92 Å². The molecule has 0 aliphatic carbocycles. The highest BCUT2D eigenvalue weighted by molar-refractivity contribution is 5.76. The van der Waals surface area contributed by atoms with Gasteiger partial charge < -0.3 is 15.1 Å². The summed E-state index contributed by atoms with van der Waals surface area (Å²) in [6, 6.07) is 1.96. The quantitative estimate of drug-likeness (QED) is 0.829. The summed E-state index contributed by atoms with van der Waals surface area (Å²) in [7, 11) is 4.23. The van der Waals surface area contributed by atoms with Gasteiger partial charge in [-0.05, 0) is 52.1 Å². The fourth-order valence-corrected chi connectivity index (χ4v) is 4.11. The largest absolute Gasteiger partial charge is 0.341 e. The van der Waals surface area contributed by atoms with E-state index in [0.29, 0.717) is 30.0 Å². The Morgan fingerprint density at radius 2 is 1.89 bits per heavy atom. The summed E-state index contributed by atoms with van der Waals surface area (Å²) in [5.41, 5.74) is 0. The molecule has 3 rings (SSSR count). The van der Waals surface area contributed by atoms with Gasteiger partial charge in [-0.15, -0.1) is 0 Å². The van der Waals surface area contributed by atoms with Gasteiger partial charge >= 0.3 is 0 Å². The number of amides is 1. The predicted octanol–water partition coefficient (Wildman–Crippen LogP) is 1.07. The maximum absolute atomic E-state index is 12.4. The standard InChI is InChI=1S/C15H27N3O/c1-17(2)14-5-6-18(10-14)15(19)9-11-7-12-3-4-13(8-11)16-12/h11-14,16H,3-10H2,1-2H3. The number of nitrogens with zero attached hydrogens (tertiary/aromatic N) is 2. The number of fused-ring (bicyclic) bond motifs is 2. The van der Waals surface area contributed by atoms with Crippen LogP contribution in [0.5, 0.6) is 0 Å². The molecule has 0 saturated carbocycles. The number of hydrogen-bond acceptors (Lipinski definition) is 3. The summed E-state index contributed by atoms with van der Waals surface area (Å²) in [6.07, 6.45) is 7.00. The molecule has 1 amide bonds. The highest BCUT2D eigenvalue weighted by atomic mass is 16.2. The minimum Gasteiger partial charge on any atom is -0.341 e. The monoisotopic (exact) mass is 265 g/mol. The van der Waals surface area contributed by atoms with Crippen LogP contribution in [0.15, 0.2) is 0 Å². The Balaban J connectivity index is 1.49. The van der Waals surface area contributed by atoms with Crippen molar-refractivity contribution in [1.29, 1.82) is 0 Å². The van der Waals surface area contributed by atoms with E-state index in [9.17, 15) is 4.79 Å². The molecule has 3 aliphatic rings. The lowest BCUT2D eigenvalue weighted by molar-refractivity contribution is -0.131. The molecule has 4 heteroatoms. The van der Waals surface area contributed by atoms with E-state index in [4.69, 9.17) is 0 Å². The number of hydrogen-bond donors (Lipinski definition) is 1. The summed E-state index contributed by atoms with van der Waals surface area (Å²) in [5, 5.41) is 3.65. The number of carbonyl (C=O) groups excluding carboxylic acids is 1. The third-order valence-corrected chi connectivity index (χ3v) is 5.28. The van der Waals surface area contributed by atoms with Crippen LogP contribution in [0, 0.1) is 5.92 Å². The van der Waals surface area contributed by atoms with Crippen molar-refractivity contribution in [2.75, 3.05) is 27.2 Å². The Bertz CT molecular complexity index is 332. The second-order valence-electron chi connectivity index (χ2n) is 6.93. The van der Waals surface area contributed by atoms with Gasteiger partial charge in [0, 0.05) is 37.6 Å². The molecular weight excluding hydrogens is 238 g/mol. The van der Waals surface area contributed by atoms with Crippen LogP contribution in [0.25, 0.3) is 0 Å². The zero-order valence-electron chi connectivity index (χ0n) is 12.3. The van der Waals surface area contributed by atoms with Gasteiger partial charge in [0.15, 0.2) is 0 Å². The lowest BCUT2D eigenvalue weighted by atomic mass is 9.89. The first-order valence-corrected chi connectivity index (χ1v) is 7.82. The van der Waals surface area contributed by atoms with E-state index in [0.717, 1.165) is 25.9 Å². The fourth-order valence-electron chi connectivity index (χ4n) is 4.11. The molecule has 19 heavy (non-hydrogen) atoms. The van der Waals surface area contributed by atoms with Crippen molar-refractivity contribution >= 4 is 5.91 Å². The second kappa shape index (κ2) is 5.41. The molecule has 0 aromatic rings. The highest BCUT2D eigenvalue weighted by Crippen LogP contribution is 2.33. The lowest BCUT2D eigenvalue weighted by Gasteiger charge is -2.30. The average molecular weight is 265 g/mol. The van der Waals surface area contributed by atoms with Crippen molar-refractivity contribution in [3.63, 3.8) is 0 Å². The van der Waals surface area contributed by atoms with Gasteiger partial charge in [0.1, 0.15) is 0 Å². The number of likely N-dealkylation sites (tertiary alicyclic amines) is 1. The van der Waals surface area contributed by atoms with E-state index in [1.165, 1.54) is 25.7 Å². The lowest BCUT2D eigenvalue weighted by Crippen LogP contribution is -2.40. The van der Waals surface area contributed by atoms with Gasteiger partial charge in [-0.2, -0.15) is 0 Å². The van der Waals surface area contributed by atoms with Crippen LogP contribution < -0.4 is 5.32 Å². The molecule has 3 aliphatic heterocycles. The van der Waals surface area contributed by atoms with Gasteiger partial charge in [-0.3, -0.25) is 4.79 Å². The summed E-state index contributed by atoms with van der Waals surface area (Å²) >= 11 is 0. The molecule has 3 unspecified atom stereocenters. The Kier molecular flexibility index (Phi) is 3.81. The number of nitrogens with one attached hydrogen (secondary N) is 1. The number of carbonyl (C=O) groups is 1. The summed E-state index contributed by atoms with van der Waals surface area (Å²) < 4.78 is 0. The maximum atomic E-state index is 12.4. The van der Waals surface area contributed by atoms with Gasteiger partial charge in [-0.1, -0.05) is 0 Å². The van der Waals surface area contributed by atoms with Crippen LogP contribution in [-0.2, 0) is 4.79 Å². The maximum Gasteiger partial charge on any atom is 0.222 e. The summed E-state index contributed by atoms with van der Waals surface area (Å²) in [4.78, 5) is 16.7. The van der Waals surface area contributed by atoms with Crippen LogP contribution in [0.2, 0.25) is 0 Å². The van der Waals surface area contributed by atoms with E-state index in [2.05, 4.69) is 29.2 Å². The Morgan fingerprint density at radius 3 is 2.47 bits per heavy atom. The zero-order chi connectivity index (χ0) is 13.4. The molecule has 0 spiro atoms. The fraction of sp³-hybridized carbons (Fsp3) is 0.933. The summed E-state index contributed by atoms with van der Waals surface area (Å²) in [6.45, 7) is 1.89. The first kappa shape index (κ1) is 13.4. The molecule has 3 fully saturated rings. The van der Waals surface area contributed by atoms with Gasteiger partial charge in [0.25, 0.3) is 0 Å². The van der Waals surface area contributed by atoms with Gasteiger partial charge in [-0.25, -0.2) is 0 Å². The Morgan fingerprint density at radius 1 is 1.21 bits per heavy atom. The third-order valence-electron chi connectivity index (χ3n) is 5.28. The van der Waals surface area contributed by atoms with Crippen LogP contribution >= 0.6 is 0 Å². The number of likely N-dealkylation sites (N-methyl/N-ethyl adjacent to an activating group) is 1. The molecule has 108 valence electrons. The Hall–Kier alpha value is -0.610. The molecular formula is C15H27N3O. The van der Waals surface area contributed by atoms with Crippen molar-refractivity contribution < 1.29 is 4.79 Å². The molecule has 4 nitrogen and oxygen atoms in total. The van der Waals surface area contributed by atoms with E-state index in [1.54, 1.807) is 0 Å². The minimum atomic E-state index is 0.399. The SMILES string of the molecule is CN(C)C1CCN(C(=O)CC2CC3CCC(C2)N3)C1. The molecule has 0 aromatic carbocycles. The van der Waals surface area contributed by atoms with Crippen LogP contribution in [-0.4, -0.2) is 61.0 Å². The first-order chi connectivity index (χ1) is 9.11. The number of rotatable bonds is 3. The van der Waals surface area contributed by atoms with Crippen molar-refractivity contribution in [3.05, 3.63) is 0 Å². The van der Waals surface area contributed by atoms with Crippen molar-refractivity contribution in [3.8, 4) is 0 Å². The van der Waals surface area contributed by atoms with Gasteiger partial charge in [0.2, 0.25) is 5.91 Å². The van der Waals surface area contributed by atoms with Crippen LogP contribution in [0.4, 0.5) is 0 Å². The van der Waals surface area contributed by atoms with Crippen LogP contribution in [0.1, 0.15) is 38.5 Å². The zero-order valence-corrected chi connectivity index (χ0v) is 12.3. The van der Waals surface area contributed by atoms with Crippen molar-refractivity contribution in [2.45, 2.75) is 56.7 Å². The van der Waals surface area contributed by atoms with Crippen molar-refractivity contribution in [1.82, 2.24) is 15.1 Å². The van der Waals surface area contributed by atoms with E-state index in [1.807, 2.05) is 0 Å². The molecule has 2 bridgehead atoms. The third kappa shape index (κ3) is 2.95. The normalized spacial score (nSPS) is 38.2. The molecule has 0 aromatic heterocycles. The molecule has 3 saturated heterocycles. The van der Waals surface area contributed by atoms with E-state index >= 15 is 0 Å². The predicted molar refractivity (Wildman–Crippen MR) is 76.0 cm³/mol. The topological polar surface area (TPSA) is 35.6 Å². The van der Waals surface area contributed by atoms with E-state index < -0.39 is 0 Å². The number of piperidine rings is 1. The molecule has 0 radical (unpaired) electrons. The average Bonchev–Trinajstić information content (AvgIpc) is 2.96. The first-order valence-electron chi connectivity index (χ1n) is 7.82. The second-order valence-corrected chi connectivity index (χ2v) is 6.93. The summed E-state index contributed by atoms with van der Waals surface area (Å²) in [5.74, 6) is 1.03. The van der Waals surface area contributed by atoms with Crippen LogP contribution in [0.3, 0.4) is 0 Å². The molecule has 1 N–H and O–H groups in total. The minimum absolute atomic E-state index is 0.399.